The van der Waals surface area contributed by atoms with Crippen LogP contribution < -0.4 is 21.1 Å². The third-order valence-corrected chi connectivity index (χ3v) is 2.45. The number of benzene rings is 1. The normalized spacial score (nSPS) is 9.84. The van der Waals surface area contributed by atoms with Crippen molar-refractivity contribution in [2.75, 3.05) is 13.2 Å². The third kappa shape index (κ3) is 3.80. The van der Waals surface area contributed by atoms with Gasteiger partial charge in [0.25, 0.3) is 5.91 Å². The van der Waals surface area contributed by atoms with Gasteiger partial charge in [0.1, 0.15) is 11.5 Å². The Balaban J connectivity index is 3.11. The summed E-state index contributed by atoms with van der Waals surface area (Å²) in [6.07, 6.45) is 0. The van der Waals surface area contributed by atoms with Gasteiger partial charge in [-0.2, -0.15) is 0 Å². The molecule has 0 aliphatic carbocycles. The molecule has 0 saturated carbocycles. The molecule has 7 heteroatoms. The topological polar surface area (TPSA) is 90.8 Å². The van der Waals surface area contributed by atoms with Gasteiger partial charge in [-0.05, 0) is 38.2 Å². The molecule has 0 atom stereocenters. The Kier molecular flexibility index (Phi) is 5.53. The number of hydrazine groups is 1. The van der Waals surface area contributed by atoms with Crippen LogP contribution in [-0.4, -0.2) is 29.2 Å². The minimum Gasteiger partial charge on any atom is -0.494 e. The Morgan fingerprint density at radius 3 is 2.47 bits per heavy atom. The Bertz CT molecular complexity index is 479. The van der Waals surface area contributed by atoms with Gasteiger partial charge in [-0.25, -0.2) is 10.9 Å². The van der Waals surface area contributed by atoms with Crippen molar-refractivity contribution in [1.29, 1.82) is 0 Å². The lowest BCUT2D eigenvalue weighted by atomic mass is 10.1. The van der Waals surface area contributed by atoms with E-state index in [4.69, 9.17) is 21.1 Å². The molecule has 19 heavy (non-hydrogen) atoms. The van der Waals surface area contributed by atoms with Crippen LogP contribution in [0.15, 0.2) is 18.2 Å². The molecule has 0 saturated heterocycles. The number of nitrogens with zero attached hydrogens (tertiary/aromatic N) is 1. The lowest BCUT2D eigenvalue weighted by molar-refractivity contribution is 0.0844. The maximum absolute atomic E-state index is 12.1. The molecular formula is C12H17N3O3S. The van der Waals surface area contributed by atoms with Crippen LogP contribution in [0.2, 0.25) is 0 Å². The highest BCUT2D eigenvalue weighted by Crippen LogP contribution is 2.26. The molecule has 0 unspecified atom stereocenters. The van der Waals surface area contributed by atoms with Gasteiger partial charge in [-0.1, -0.05) is 0 Å². The molecule has 6 nitrogen and oxygen atoms in total. The molecule has 0 aliphatic heterocycles. The van der Waals surface area contributed by atoms with E-state index in [9.17, 15) is 4.79 Å². The van der Waals surface area contributed by atoms with Gasteiger partial charge in [0.05, 0.1) is 18.8 Å². The van der Waals surface area contributed by atoms with Gasteiger partial charge in [0.15, 0.2) is 5.11 Å². The van der Waals surface area contributed by atoms with Gasteiger partial charge in [0.2, 0.25) is 0 Å². The van der Waals surface area contributed by atoms with Gasteiger partial charge in [-0.15, -0.1) is 0 Å². The number of hydrogen-bond donors (Lipinski definition) is 2. The van der Waals surface area contributed by atoms with Crippen molar-refractivity contribution in [2.24, 2.45) is 11.6 Å². The minimum atomic E-state index is -0.529. The summed E-state index contributed by atoms with van der Waals surface area (Å²) in [5, 5.41) is 0.495. The number of amides is 1. The smallest absolute Gasteiger partial charge is 0.278 e. The predicted octanol–water partition coefficient (Wildman–Crippen LogP) is 1.04. The predicted molar refractivity (Wildman–Crippen MR) is 75.9 cm³/mol. The fraction of sp³-hybridized carbons (Fsp3) is 0.333. The number of nitrogens with two attached hydrogens (primary N) is 2. The first kappa shape index (κ1) is 15.2. The largest absolute Gasteiger partial charge is 0.494 e. The van der Waals surface area contributed by atoms with E-state index in [1.807, 2.05) is 13.8 Å². The van der Waals surface area contributed by atoms with Crippen LogP contribution in [0.3, 0.4) is 0 Å². The fourth-order valence-corrected chi connectivity index (χ4v) is 1.52. The Hall–Kier alpha value is -1.86. The first-order valence-corrected chi connectivity index (χ1v) is 6.20. The summed E-state index contributed by atoms with van der Waals surface area (Å²) in [7, 11) is 0. The maximum Gasteiger partial charge on any atom is 0.278 e. The van der Waals surface area contributed by atoms with Crippen molar-refractivity contribution in [3.05, 3.63) is 23.8 Å². The molecule has 0 fully saturated rings. The summed E-state index contributed by atoms with van der Waals surface area (Å²) in [5.41, 5.74) is 5.60. The first-order valence-electron chi connectivity index (χ1n) is 5.79. The molecule has 104 valence electrons. The third-order valence-electron chi connectivity index (χ3n) is 2.25. The summed E-state index contributed by atoms with van der Waals surface area (Å²) >= 11 is 4.66. The molecule has 0 heterocycles. The molecule has 4 N–H and O–H groups in total. The summed E-state index contributed by atoms with van der Waals surface area (Å²) in [6.45, 7) is 4.62. The molecule has 0 aliphatic rings. The van der Waals surface area contributed by atoms with E-state index < -0.39 is 5.91 Å². The summed E-state index contributed by atoms with van der Waals surface area (Å²) in [4.78, 5) is 12.1. The van der Waals surface area contributed by atoms with Crippen molar-refractivity contribution in [2.45, 2.75) is 13.8 Å². The van der Waals surface area contributed by atoms with Crippen molar-refractivity contribution in [1.82, 2.24) is 5.01 Å². The van der Waals surface area contributed by atoms with E-state index in [1.54, 1.807) is 18.2 Å². The van der Waals surface area contributed by atoms with Crippen LogP contribution in [0.4, 0.5) is 0 Å². The van der Waals surface area contributed by atoms with Gasteiger partial charge < -0.3 is 15.2 Å². The van der Waals surface area contributed by atoms with Crippen LogP contribution in [0.25, 0.3) is 0 Å². The molecule has 1 aromatic rings. The average Bonchev–Trinajstić information content (AvgIpc) is 2.38. The average molecular weight is 283 g/mol. The fourth-order valence-electron chi connectivity index (χ4n) is 1.44. The lowest BCUT2D eigenvalue weighted by Crippen LogP contribution is -2.45. The zero-order chi connectivity index (χ0) is 14.4. The van der Waals surface area contributed by atoms with Gasteiger partial charge in [0, 0.05) is 6.07 Å². The number of hydrogen-bond acceptors (Lipinski definition) is 5. The van der Waals surface area contributed by atoms with Gasteiger partial charge >= 0.3 is 0 Å². The second kappa shape index (κ2) is 6.91. The monoisotopic (exact) mass is 283 g/mol. The summed E-state index contributed by atoms with van der Waals surface area (Å²) in [5.74, 6) is 5.95. The van der Waals surface area contributed by atoms with Crippen LogP contribution in [-0.2, 0) is 0 Å². The van der Waals surface area contributed by atoms with Crippen LogP contribution in [0, 0.1) is 0 Å². The molecule has 0 radical (unpaired) electrons. The van der Waals surface area contributed by atoms with Crippen LogP contribution in [0.1, 0.15) is 24.2 Å². The SMILES string of the molecule is CCOc1ccc(C(=O)N(N)C(N)=S)c(OCC)c1. The van der Waals surface area contributed by atoms with Gasteiger partial charge in [-0.3, -0.25) is 4.79 Å². The highest BCUT2D eigenvalue weighted by molar-refractivity contribution is 7.80. The van der Waals surface area contributed by atoms with Crippen molar-refractivity contribution < 1.29 is 14.3 Å². The second-order valence-corrected chi connectivity index (χ2v) is 3.96. The van der Waals surface area contributed by atoms with E-state index in [0.29, 0.717) is 29.7 Å². The lowest BCUT2D eigenvalue weighted by Gasteiger charge is -2.17. The maximum atomic E-state index is 12.1. The van der Waals surface area contributed by atoms with E-state index in [1.165, 1.54) is 0 Å². The molecule has 0 aromatic heterocycles. The quantitative estimate of drug-likeness (QED) is 0.363. The highest BCUT2D eigenvalue weighted by Gasteiger charge is 2.19. The summed E-state index contributed by atoms with van der Waals surface area (Å²) in [6, 6.07) is 4.86. The molecule has 0 spiro atoms. The van der Waals surface area contributed by atoms with E-state index in [-0.39, 0.29) is 10.7 Å². The number of carbonyl (C=O) groups excluding carboxylic acids is 1. The molecule has 1 aromatic carbocycles. The molecular weight excluding hydrogens is 266 g/mol. The second-order valence-electron chi connectivity index (χ2n) is 3.54. The molecule has 1 rings (SSSR count). The van der Waals surface area contributed by atoms with Crippen LogP contribution >= 0.6 is 12.2 Å². The zero-order valence-corrected chi connectivity index (χ0v) is 11.7. The zero-order valence-electron chi connectivity index (χ0n) is 10.9. The Labute approximate surface area is 117 Å². The Morgan fingerprint density at radius 1 is 1.32 bits per heavy atom. The number of carbonyl (C=O) groups is 1. The molecule has 1 amide bonds. The minimum absolute atomic E-state index is 0.207. The first-order chi connectivity index (χ1) is 9.01. The Morgan fingerprint density at radius 2 is 1.95 bits per heavy atom. The van der Waals surface area contributed by atoms with Crippen molar-refractivity contribution >= 4 is 23.2 Å². The highest BCUT2D eigenvalue weighted by atomic mass is 32.1. The summed E-state index contributed by atoms with van der Waals surface area (Å²) < 4.78 is 10.8. The number of thiocarbonyl (C=S) groups is 1. The van der Waals surface area contributed by atoms with Crippen molar-refractivity contribution in [3.63, 3.8) is 0 Å². The van der Waals surface area contributed by atoms with E-state index in [0.717, 1.165) is 0 Å². The van der Waals surface area contributed by atoms with Crippen LogP contribution in [0.5, 0.6) is 11.5 Å². The van der Waals surface area contributed by atoms with E-state index >= 15 is 0 Å². The van der Waals surface area contributed by atoms with Crippen molar-refractivity contribution in [3.8, 4) is 11.5 Å². The molecule has 0 bridgehead atoms. The number of ether oxygens (including phenoxy) is 2. The van der Waals surface area contributed by atoms with E-state index in [2.05, 4.69) is 12.2 Å². The number of rotatable bonds is 5. The standard InChI is InChI=1S/C12H17N3O3S/c1-3-17-8-5-6-9(10(7-8)18-4-2)11(16)15(14)12(13)19/h5-7H,3-4,14H2,1-2H3,(H2,13,19).